The summed E-state index contributed by atoms with van der Waals surface area (Å²) in [6.45, 7) is 4.02. The summed E-state index contributed by atoms with van der Waals surface area (Å²) < 4.78 is 9.15. The van der Waals surface area contributed by atoms with Crippen molar-refractivity contribution in [2.75, 3.05) is 13.2 Å². The highest BCUT2D eigenvalue weighted by molar-refractivity contribution is 9.10. The molecule has 4 rings (SSSR count). The number of halogens is 1. The second-order valence-electron chi connectivity index (χ2n) is 7.65. The summed E-state index contributed by atoms with van der Waals surface area (Å²) in [6, 6.07) is 23.6. The number of imidazole rings is 1. The number of hydrogen-bond acceptors (Lipinski definition) is 3. The first-order chi connectivity index (χ1) is 15.6. The molecule has 0 unspecified atom stereocenters. The average Bonchev–Trinajstić information content (AvgIpc) is 3.15. The van der Waals surface area contributed by atoms with E-state index in [1.807, 2.05) is 60.7 Å². The van der Waals surface area contributed by atoms with Gasteiger partial charge in [0.25, 0.3) is 5.91 Å². The van der Waals surface area contributed by atoms with Crippen molar-refractivity contribution in [3.8, 4) is 5.75 Å². The number of ether oxygens (including phenoxy) is 1. The third-order valence-electron chi connectivity index (χ3n) is 5.35. The van der Waals surface area contributed by atoms with Crippen molar-refractivity contribution in [3.05, 3.63) is 94.2 Å². The van der Waals surface area contributed by atoms with Crippen molar-refractivity contribution >= 4 is 32.9 Å². The van der Waals surface area contributed by atoms with Crippen molar-refractivity contribution in [2.45, 2.75) is 26.3 Å². The molecule has 5 nitrogen and oxygen atoms in total. The molecule has 0 radical (unpaired) electrons. The van der Waals surface area contributed by atoms with Gasteiger partial charge in [0.2, 0.25) is 0 Å². The highest BCUT2D eigenvalue weighted by atomic mass is 79.9. The molecule has 0 aliphatic heterocycles. The molecule has 0 saturated heterocycles. The van der Waals surface area contributed by atoms with Crippen molar-refractivity contribution in [2.24, 2.45) is 0 Å². The van der Waals surface area contributed by atoms with E-state index in [4.69, 9.17) is 9.72 Å². The topological polar surface area (TPSA) is 56.1 Å². The fraction of sp³-hybridized carbons (Fsp3) is 0.231. The van der Waals surface area contributed by atoms with E-state index >= 15 is 0 Å². The van der Waals surface area contributed by atoms with E-state index in [9.17, 15) is 4.79 Å². The molecular weight excluding hydrogens is 466 g/mol. The Balaban J connectivity index is 1.38. The third kappa shape index (κ3) is 5.37. The number of hydrogen-bond donors (Lipinski definition) is 1. The Morgan fingerprint density at radius 2 is 1.78 bits per heavy atom. The van der Waals surface area contributed by atoms with Crippen molar-refractivity contribution in [1.29, 1.82) is 0 Å². The lowest BCUT2D eigenvalue weighted by Gasteiger charge is -2.12. The molecule has 0 aliphatic rings. The zero-order chi connectivity index (χ0) is 22.3. The Kier molecular flexibility index (Phi) is 7.22. The van der Waals surface area contributed by atoms with Gasteiger partial charge in [0.1, 0.15) is 11.6 Å². The molecule has 4 aromatic rings. The zero-order valence-electron chi connectivity index (χ0n) is 18.1. The van der Waals surface area contributed by atoms with Crippen molar-refractivity contribution in [1.82, 2.24) is 14.9 Å². The van der Waals surface area contributed by atoms with Gasteiger partial charge in [-0.2, -0.15) is 0 Å². The maximum Gasteiger partial charge on any atom is 0.251 e. The van der Waals surface area contributed by atoms with E-state index < -0.39 is 0 Å². The van der Waals surface area contributed by atoms with Crippen LogP contribution >= 0.6 is 15.9 Å². The lowest BCUT2D eigenvalue weighted by molar-refractivity contribution is 0.0954. The van der Waals surface area contributed by atoms with Gasteiger partial charge in [0.05, 0.1) is 17.6 Å². The molecule has 1 amide bonds. The van der Waals surface area contributed by atoms with Gasteiger partial charge >= 0.3 is 0 Å². The van der Waals surface area contributed by atoms with E-state index in [2.05, 4.69) is 44.9 Å². The van der Waals surface area contributed by atoms with E-state index in [0.717, 1.165) is 45.6 Å². The number of fused-ring (bicyclic) bond motifs is 1. The molecule has 0 spiro atoms. The lowest BCUT2D eigenvalue weighted by atomic mass is 10.2. The van der Waals surface area contributed by atoms with Gasteiger partial charge < -0.3 is 14.6 Å². The van der Waals surface area contributed by atoms with Gasteiger partial charge in [-0.25, -0.2) is 4.98 Å². The smallest absolute Gasteiger partial charge is 0.251 e. The molecule has 32 heavy (non-hydrogen) atoms. The van der Waals surface area contributed by atoms with E-state index in [0.29, 0.717) is 25.1 Å². The Hall–Kier alpha value is -3.12. The number of aromatic nitrogens is 2. The Labute approximate surface area is 196 Å². The van der Waals surface area contributed by atoms with Crippen LogP contribution in [-0.2, 0) is 13.0 Å². The summed E-state index contributed by atoms with van der Waals surface area (Å²) in [4.78, 5) is 17.2. The summed E-state index contributed by atoms with van der Waals surface area (Å²) >= 11 is 3.39. The van der Waals surface area contributed by atoms with Crippen molar-refractivity contribution in [3.63, 3.8) is 0 Å². The van der Waals surface area contributed by atoms with Crippen LogP contribution in [0.15, 0.2) is 77.3 Å². The molecule has 1 heterocycles. The number of carbonyl (C=O) groups excluding carboxylic acids is 1. The number of para-hydroxylation sites is 3. The highest BCUT2D eigenvalue weighted by Crippen LogP contribution is 2.19. The molecule has 6 heteroatoms. The van der Waals surface area contributed by atoms with E-state index in [1.165, 1.54) is 0 Å². The fourth-order valence-electron chi connectivity index (χ4n) is 3.68. The van der Waals surface area contributed by atoms with Gasteiger partial charge in [-0.3, -0.25) is 4.79 Å². The van der Waals surface area contributed by atoms with Gasteiger partial charge in [-0.05, 0) is 61.4 Å². The molecule has 0 aliphatic carbocycles. The number of aryl methyl sites for hydroxylation is 2. The molecule has 0 saturated carbocycles. The first kappa shape index (κ1) is 22.1. The SMILES string of the molecule is Cc1ccccc1OCCCn1c(CCNC(=O)c2ccc(Br)cc2)nc2ccccc21. The van der Waals surface area contributed by atoms with Crippen LogP contribution in [0.3, 0.4) is 0 Å². The quantitative estimate of drug-likeness (QED) is 0.312. The van der Waals surface area contributed by atoms with Gasteiger partial charge in [0.15, 0.2) is 0 Å². The molecule has 1 aromatic heterocycles. The molecule has 1 N–H and O–H groups in total. The second-order valence-corrected chi connectivity index (χ2v) is 8.56. The first-order valence-corrected chi connectivity index (χ1v) is 11.6. The number of carbonyl (C=O) groups is 1. The van der Waals surface area contributed by atoms with Gasteiger partial charge in [0, 0.05) is 29.5 Å². The predicted octanol–water partition coefficient (Wildman–Crippen LogP) is 5.55. The molecule has 0 bridgehead atoms. The Morgan fingerprint density at radius 3 is 2.59 bits per heavy atom. The van der Waals surface area contributed by atoms with Crippen molar-refractivity contribution < 1.29 is 9.53 Å². The molecule has 3 aromatic carbocycles. The Morgan fingerprint density at radius 1 is 1.03 bits per heavy atom. The highest BCUT2D eigenvalue weighted by Gasteiger charge is 2.11. The fourth-order valence-corrected chi connectivity index (χ4v) is 3.94. The lowest BCUT2D eigenvalue weighted by Crippen LogP contribution is -2.26. The molecular formula is C26H26BrN3O2. The minimum atomic E-state index is -0.0770. The number of benzene rings is 3. The van der Waals surface area contributed by atoms with Crippen LogP contribution in [0.5, 0.6) is 5.75 Å². The predicted molar refractivity (Wildman–Crippen MR) is 131 cm³/mol. The van der Waals surface area contributed by atoms with Crippen LogP contribution in [0.2, 0.25) is 0 Å². The van der Waals surface area contributed by atoms with E-state index in [-0.39, 0.29) is 5.91 Å². The normalized spacial score (nSPS) is 10.9. The first-order valence-electron chi connectivity index (χ1n) is 10.8. The maximum absolute atomic E-state index is 12.4. The van der Waals surface area contributed by atoms with Crippen LogP contribution in [-0.4, -0.2) is 28.6 Å². The van der Waals surface area contributed by atoms with Crippen LogP contribution in [0.25, 0.3) is 11.0 Å². The monoisotopic (exact) mass is 491 g/mol. The van der Waals surface area contributed by atoms with Gasteiger partial charge in [-0.15, -0.1) is 0 Å². The third-order valence-corrected chi connectivity index (χ3v) is 5.88. The average molecular weight is 492 g/mol. The van der Waals surface area contributed by atoms with Crippen LogP contribution in [0, 0.1) is 6.92 Å². The second kappa shape index (κ2) is 10.5. The Bertz CT molecular complexity index is 1200. The summed E-state index contributed by atoms with van der Waals surface area (Å²) in [7, 11) is 0. The zero-order valence-corrected chi connectivity index (χ0v) is 19.6. The maximum atomic E-state index is 12.4. The largest absolute Gasteiger partial charge is 0.493 e. The number of rotatable bonds is 9. The summed E-state index contributed by atoms with van der Waals surface area (Å²) in [5.41, 5.74) is 3.87. The van der Waals surface area contributed by atoms with Gasteiger partial charge in [-0.1, -0.05) is 46.3 Å². The van der Waals surface area contributed by atoms with Crippen LogP contribution in [0.4, 0.5) is 0 Å². The summed E-state index contributed by atoms with van der Waals surface area (Å²) in [5, 5.41) is 3.00. The summed E-state index contributed by atoms with van der Waals surface area (Å²) in [5.74, 6) is 1.82. The standard InChI is InChI=1S/C26H26BrN3O2/c1-19-7-2-5-10-24(19)32-18-6-17-30-23-9-4-3-8-22(23)29-25(30)15-16-28-26(31)20-11-13-21(27)14-12-20/h2-5,7-14H,6,15-18H2,1H3,(H,28,31). The minimum Gasteiger partial charge on any atom is -0.493 e. The summed E-state index contributed by atoms with van der Waals surface area (Å²) in [6.07, 6.45) is 1.53. The molecule has 0 fully saturated rings. The molecule has 164 valence electrons. The van der Waals surface area contributed by atoms with Crippen LogP contribution in [0.1, 0.15) is 28.2 Å². The minimum absolute atomic E-state index is 0.0770. The number of nitrogens with one attached hydrogen (secondary N) is 1. The van der Waals surface area contributed by atoms with E-state index in [1.54, 1.807) is 0 Å². The molecule has 0 atom stereocenters. The van der Waals surface area contributed by atoms with Crippen LogP contribution < -0.4 is 10.1 Å². The number of nitrogens with zero attached hydrogens (tertiary/aromatic N) is 2. The number of amides is 1.